The molecule has 2 amide bonds. The Balaban J connectivity index is 1.97. The molecule has 2 aromatic carbocycles. The Labute approximate surface area is 149 Å². The molecule has 4 nitrogen and oxygen atoms in total. The molecule has 0 radical (unpaired) electrons. The average Bonchev–Trinajstić information content (AvgIpc) is 2.61. The van der Waals surface area contributed by atoms with E-state index < -0.39 is 0 Å². The van der Waals surface area contributed by atoms with E-state index in [1.54, 1.807) is 0 Å². The fraction of sp³-hybridized carbons (Fsp3) is 0.333. The quantitative estimate of drug-likeness (QED) is 0.756. The molecule has 2 N–H and O–H groups in total. The van der Waals surface area contributed by atoms with Crippen molar-refractivity contribution in [3.8, 4) is 0 Å². The summed E-state index contributed by atoms with van der Waals surface area (Å²) in [5, 5.41) is 5.75. The lowest BCUT2D eigenvalue weighted by molar-refractivity contribution is -0.120. The predicted molar refractivity (Wildman–Crippen MR) is 101 cm³/mol. The lowest BCUT2D eigenvalue weighted by atomic mass is 10.0. The summed E-state index contributed by atoms with van der Waals surface area (Å²) in [6.45, 7) is 3.63. The van der Waals surface area contributed by atoms with Gasteiger partial charge in [0.05, 0.1) is 12.5 Å². The van der Waals surface area contributed by atoms with Crippen LogP contribution in [-0.4, -0.2) is 11.8 Å². The first-order valence-electron chi connectivity index (χ1n) is 8.79. The van der Waals surface area contributed by atoms with Crippen LogP contribution in [-0.2, 0) is 16.0 Å². The zero-order chi connectivity index (χ0) is 18.1. The van der Waals surface area contributed by atoms with E-state index in [1.165, 1.54) is 25.3 Å². The van der Waals surface area contributed by atoms with Gasteiger partial charge in [-0.15, -0.1) is 0 Å². The molecular formula is C21H26N2O2. The highest BCUT2D eigenvalue weighted by atomic mass is 16.2. The highest BCUT2D eigenvalue weighted by Gasteiger charge is 2.17. The highest BCUT2D eigenvalue weighted by molar-refractivity contribution is 5.91. The van der Waals surface area contributed by atoms with Crippen molar-refractivity contribution in [1.29, 1.82) is 0 Å². The van der Waals surface area contributed by atoms with Gasteiger partial charge >= 0.3 is 0 Å². The number of aryl methyl sites for hydroxylation is 1. The van der Waals surface area contributed by atoms with Gasteiger partial charge in [-0.2, -0.15) is 0 Å². The fourth-order valence-corrected chi connectivity index (χ4v) is 2.72. The van der Waals surface area contributed by atoms with E-state index in [0.717, 1.165) is 17.7 Å². The van der Waals surface area contributed by atoms with E-state index >= 15 is 0 Å². The molecule has 0 fully saturated rings. The summed E-state index contributed by atoms with van der Waals surface area (Å²) in [6, 6.07) is 17.2. The molecule has 0 saturated heterocycles. The van der Waals surface area contributed by atoms with Crippen LogP contribution in [0.2, 0.25) is 0 Å². The van der Waals surface area contributed by atoms with Crippen molar-refractivity contribution in [2.45, 2.75) is 45.6 Å². The third kappa shape index (κ3) is 6.42. The molecule has 2 rings (SSSR count). The molecule has 0 spiro atoms. The molecule has 132 valence electrons. The number of carbonyl (C=O) groups is 2. The summed E-state index contributed by atoms with van der Waals surface area (Å²) >= 11 is 0. The zero-order valence-corrected chi connectivity index (χ0v) is 14.9. The zero-order valence-electron chi connectivity index (χ0n) is 14.9. The summed E-state index contributed by atoms with van der Waals surface area (Å²) in [5.74, 6) is -0.272. The standard InChI is InChI=1S/C21H26N2O2/c1-3-4-8-17-11-13-19(14-12-17)23-21(25)15-20(22-16(2)24)18-9-6-5-7-10-18/h5-7,9-14,20H,3-4,8,15H2,1-2H3,(H,22,24)(H,23,25)/t20-/m0/s1. The van der Waals surface area contributed by atoms with Crippen molar-refractivity contribution in [2.24, 2.45) is 0 Å². The number of unbranched alkanes of at least 4 members (excludes halogenated alkanes) is 1. The van der Waals surface area contributed by atoms with Crippen LogP contribution in [0.4, 0.5) is 5.69 Å². The van der Waals surface area contributed by atoms with Crippen molar-refractivity contribution in [3.63, 3.8) is 0 Å². The van der Waals surface area contributed by atoms with E-state index in [9.17, 15) is 9.59 Å². The minimum absolute atomic E-state index is 0.121. The van der Waals surface area contributed by atoms with E-state index in [2.05, 4.69) is 17.6 Å². The van der Waals surface area contributed by atoms with E-state index in [0.29, 0.717) is 0 Å². The monoisotopic (exact) mass is 338 g/mol. The number of amides is 2. The molecule has 0 aliphatic rings. The van der Waals surface area contributed by atoms with Gasteiger partial charge in [-0.3, -0.25) is 9.59 Å². The maximum absolute atomic E-state index is 12.4. The maximum atomic E-state index is 12.4. The molecule has 0 aromatic heterocycles. The second-order valence-electron chi connectivity index (χ2n) is 6.22. The van der Waals surface area contributed by atoms with Crippen LogP contribution in [0.1, 0.15) is 50.3 Å². The van der Waals surface area contributed by atoms with Crippen LogP contribution >= 0.6 is 0 Å². The molecule has 25 heavy (non-hydrogen) atoms. The molecule has 0 saturated carbocycles. The predicted octanol–water partition coefficient (Wildman–Crippen LogP) is 4.24. The molecule has 0 heterocycles. The van der Waals surface area contributed by atoms with Crippen molar-refractivity contribution >= 4 is 17.5 Å². The Morgan fingerprint density at radius 1 is 1.00 bits per heavy atom. The third-order valence-corrected chi connectivity index (χ3v) is 4.03. The van der Waals surface area contributed by atoms with Crippen LogP contribution in [0, 0.1) is 0 Å². The summed E-state index contributed by atoms with van der Waals surface area (Å²) in [4.78, 5) is 23.8. The molecule has 4 heteroatoms. The Bertz CT molecular complexity index is 681. The van der Waals surface area contributed by atoms with Gasteiger partial charge in [-0.1, -0.05) is 55.8 Å². The Morgan fingerprint density at radius 3 is 2.28 bits per heavy atom. The van der Waals surface area contributed by atoms with Crippen molar-refractivity contribution in [3.05, 3.63) is 65.7 Å². The molecule has 0 bridgehead atoms. The second-order valence-corrected chi connectivity index (χ2v) is 6.22. The van der Waals surface area contributed by atoms with Gasteiger partial charge < -0.3 is 10.6 Å². The van der Waals surface area contributed by atoms with Crippen molar-refractivity contribution in [1.82, 2.24) is 5.32 Å². The smallest absolute Gasteiger partial charge is 0.226 e. The molecular weight excluding hydrogens is 312 g/mol. The van der Waals surface area contributed by atoms with Crippen molar-refractivity contribution in [2.75, 3.05) is 5.32 Å². The Hall–Kier alpha value is -2.62. The average molecular weight is 338 g/mol. The number of carbonyl (C=O) groups excluding carboxylic acids is 2. The SMILES string of the molecule is CCCCc1ccc(NC(=O)C[C@H](NC(C)=O)c2ccccc2)cc1. The van der Waals surface area contributed by atoms with Crippen molar-refractivity contribution < 1.29 is 9.59 Å². The normalized spacial score (nSPS) is 11.6. The minimum Gasteiger partial charge on any atom is -0.349 e. The molecule has 1 atom stereocenters. The number of hydrogen-bond acceptors (Lipinski definition) is 2. The van der Waals surface area contributed by atoms with E-state index in [-0.39, 0.29) is 24.3 Å². The number of benzene rings is 2. The summed E-state index contributed by atoms with van der Waals surface area (Å²) in [7, 11) is 0. The van der Waals surface area contributed by atoms with E-state index in [4.69, 9.17) is 0 Å². The topological polar surface area (TPSA) is 58.2 Å². The lowest BCUT2D eigenvalue weighted by Gasteiger charge is -2.18. The first-order chi connectivity index (χ1) is 12.1. The van der Waals surface area contributed by atoms with Crippen LogP contribution in [0.25, 0.3) is 0 Å². The number of anilines is 1. The van der Waals surface area contributed by atoms with Gasteiger partial charge in [0.15, 0.2) is 0 Å². The molecule has 2 aromatic rings. The van der Waals surface area contributed by atoms with E-state index in [1.807, 2.05) is 54.6 Å². The second kappa shape index (κ2) is 9.62. The fourth-order valence-electron chi connectivity index (χ4n) is 2.72. The number of nitrogens with one attached hydrogen (secondary N) is 2. The number of rotatable bonds is 8. The van der Waals surface area contributed by atoms with Gasteiger partial charge in [0.2, 0.25) is 11.8 Å². The summed E-state index contributed by atoms with van der Waals surface area (Å²) in [5.41, 5.74) is 2.97. The third-order valence-electron chi connectivity index (χ3n) is 4.03. The lowest BCUT2D eigenvalue weighted by Crippen LogP contribution is -2.29. The molecule has 0 aliphatic carbocycles. The molecule has 0 aliphatic heterocycles. The highest BCUT2D eigenvalue weighted by Crippen LogP contribution is 2.18. The summed E-state index contributed by atoms with van der Waals surface area (Å²) < 4.78 is 0. The van der Waals surface area contributed by atoms with Crippen LogP contribution in [0.15, 0.2) is 54.6 Å². The molecule has 0 unspecified atom stereocenters. The first-order valence-corrected chi connectivity index (χ1v) is 8.79. The van der Waals surface area contributed by atoms with Gasteiger partial charge in [-0.05, 0) is 36.1 Å². The largest absolute Gasteiger partial charge is 0.349 e. The minimum atomic E-state index is -0.331. The van der Waals surface area contributed by atoms with Gasteiger partial charge in [0, 0.05) is 12.6 Å². The maximum Gasteiger partial charge on any atom is 0.226 e. The Kier molecular flexibility index (Phi) is 7.20. The van der Waals surface area contributed by atoms with Gasteiger partial charge in [0.1, 0.15) is 0 Å². The van der Waals surface area contributed by atoms with Gasteiger partial charge in [0.25, 0.3) is 0 Å². The van der Waals surface area contributed by atoms with Crippen LogP contribution in [0.3, 0.4) is 0 Å². The number of hydrogen-bond donors (Lipinski definition) is 2. The summed E-state index contributed by atoms with van der Waals surface area (Å²) in [6.07, 6.45) is 3.59. The van der Waals surface area contributed by atoms with Gasteiger partial charge in [-0.25, -0.2) is 0 Å². The first kappa shape index (κ1) is 18.7. The van der Waals surface area contributed by atoms with Crippen LogP contribution in [0.5, 0.6) is 0 Å². The van der Waals surface area contributed by atoms with Crippen LogP contribution < -0.4 is 10.6 Å². The Morgan fingerprint density at radius 2 is 1.68 bits per heavy atom.